The van der Waals surface area contributed by atoms with Gasteiger partial charge in [0, 0.05) is 19.4 Å². The van der Waals surface area contributed by atoms with Gasteiger partial charge in [-0.05, 0) is 51.4 Å². The first-order valence-corrected chi connectivity index (χ1v) is 22.1. The van der Waals surface area contributed by atoms with Gasteiger partial charge in [0.1, 0.15) is 6.61 Å². The molecule has 1 saturated heterocycles. The lowest BCUT2D eigenvalue weighted by Gasteiger charge is -2.19. The summed E-state index contributed by atoms with van der Waals surface area (Å²) in [5.74, 6) is -0.901. The number of rotatable bonds is 37. The Morgan fingerprint density at radius 1 is 0.673 bits per heavy atom. The number of nitrogens with two attached hydrogens (primary N) is 1. The van der Waals surface area contributed by atoms with E-state index < -0.39 is 32.5 Å². The molecule has 1 heterocycles. The summed E-state index contributed by atoms with van der Waals surface area (Å²) >= 11 is 0. The maximum atomic E-state index is 12.6. The Labute approximate surface area is 316 Å². The molecule has 1 rings (SSSR count). The van der Waals surface area contributed by atoms with Crippen LogP contribution in [-0.4, -0.2) is 61.5 Å². The van der Waals surface area contributed by atoms with Crippen LogP contribution in [0.15, 0.2) is 36.5 Å². The third-order valence-corrected chi connectivity index (χ3v) is 9.92. The molecule has 0 spiro atoms. The van der Waals surface area contributed by atoms with Gasteiger partial charge in [-0.2, -0.15) is 0 Å². The van der Waals surface area contributed by atoms with E-state index in [-0.39, 0.29) is 44.8 Å². The second-order valence-corrected chi connectivity index (χ2v) is 15.3. The molecule has 1 fully saturated rings. The van der Waals surface area contributed by atoms with Crippen molar-refractivity contribution in [3.8, 4) is 0 Å². The van der Waals surface area contributed by atoms with Gasteiger partial charge in [-0.25, -0.2) is 4.57 Å². The van der Waals surface area contributed by atoms with E-state index in [4.69, 9.17) is 29.0 Å². The number of phosphoric acid groups is 1. The highest BCUT2D eigenvalue weighted by atomic mass is 31.2. The molecular formula is C41H74NO9P. The molecule has 4 atom stereocenters. The van der Waals surface area contributed by atoms with Crippen LogP contribution in [0, 0.1) is 0 Å². The first kappa shape index (κ1) is 48.2. The molecule has 0 radical (unpaired) electrons. The van der Waals surface area contributed by atoms with Crippen LogP contribution in [-0.2, 0) is 37.4 Å². The van der Waals surface area contributed by atoms with Crippen molar-refractivity contribution in [1.29, 1.82) is 0 Å². The zero-order valence-corrected chi connectivity index (χ0v) is 33.6. The highest BCUT2D eigenvalue weighted by Gasteiger charge is 2.36. The van der Waals surface area contributed by atoms with E-state index in [1.54, 1.807) is 0 Å². The molecule has 0 bridgehead atoms. The minimum Gasteiger partial charge on any atom is -0.462 e. The predicted octanol–water partition coefficient (Wildman–Crippen LogP) is 10.4. The van der Waals surface area contributed by atoms with Gasteiger partial charge in [-0.1, -0.05) is 140 Å². The van der Waals surface area contributed by atoms with Gasteiger partial charge in [-0.3, -0.25) is 18.6 Å². The van der Waals surface area contributed by atoms with Crippen LogP contribution < -0.4 is 5.73 Å². The quantitative estimate of drug-likeness (QED) is 0.0206. The highest BCUT2D eigenvalue weighted by molar-refractivity contribution is 7.47. The third kappa shape index (κ3) is 30.6. The van der Waals surface area contributed by atoms with Crippen molar-refractivity contribution in [1.82, 2.24) is 0 Å². The fourth-order valence-corrected chi connectivity index (χ4v) is 6.49. The van der Waals surface area contributed by atoms with Gasteiger partial charge in [-0.15, -0.1) is 0 Å². The Kier molecular flexibility index (Phi) is 31.3. The molecule has 3 N–H and O–H groups in total. The lowest BCUT2D eigenvalue weighted by atomic mass is 10.0. The molecular weight excluding hydrogens is 681 g/mol. The average molecular weight is 756 g/mol. The number of ether oxygens (including phenoxy) is 3. The van der Waals surface area contributed by atoms with Gasteiger partial charge in [0.2, 0.25) is 0 Å². The first-order chi connectivity index (χ1) is 25.3. The van der Waals surface area contributed by atoms with E-state index in [0.717, 1.165) is 44.9 Å². The molecule has 0 aliphatic carbocycles. The second-order valence-electron chi connectivity index (χ2n) is 13.9. The Hall–Kier alpha value is -1.81. The SMILES string of the molecule is CCCCC/C=C\C/C=C\CC1OC1C/C=C\CCCC(=O)OC(COC(=O)CCCCCCCCCCCCCCC)COP(=O)(O)OCCN. The van der Waals surface area contributed by atoms with Crippen LogP contribution in [0.25, 0.3) is 0 Å². The third-order valence-electron chi connectivity index (χ3n) is 8.93. The molecule has 0 aromatic carbocycles. The van der Waals surface area contributed by atoms with Crippen molar-refractivity contribution in [2.75, 3.05) is 26.4 Å². The summed E-state index contributed by atoms with van der Waals surface area (Å²) in [6.07, 6.45) is 37.7. The van der Waals surface area contributed by atoms with Gasteiger partial charge < -0.3 is 24.8 Å². The summed E-state index contributed by atoms with van der Waals surface area (Å²) in [6, 6.07) is 0. The Morgan fingerprint density at radius 3 is 1.83 bits per heavy atom. The maximum absolute atomic E-state index is 12.6. The number of phosphoric ester groups is 1. The topological polar surface area (TPSA) is 147 Å². The summed E-state index contributed by atoms with van der Waals surface area (Å²) in [7, 11) is -4.39. The number of hydrogen-bond acceptors (Lipinski definition) is 9. The monoisotopic (exact) mass is 756 g/mol. The van der Waals surface area contributed by atoms with Gasteiger partial charge >= 0.3 is 19.8 Å². The van der Waals surface area contributed by atoms with E-state index in [1.807, 2.05) is 6.08 Å². The number of hydrogen-bond donors (Lipinski definition) is 2. The summed E-state index contributed by atoms with van der Waals surface area (Å²) in [5.41, 5.74) is 5.34. The molecule has 0 amide bonds. The van der Waals surface area contributed by atoms with Crippen molar-refractivity contribution < 1.29 is 42.3 Å². The van der Waals surface area contributed by atoms with Crippen LogP contribution in [0.3, 0.4) is 0 Å². The predicted molar refractivity (Wildman–Crippen MR) is 210 cm³/mol. The van der Waals surface area contributed by atoms with E-state index in [0.29, 0.717) is 12.8 Å². The van der Waals surface area contributed by atoms with E-state index in [2.05, 4.69) is 44.2 Å². The molecule has 0 aromatic rings. The molecule has 1 aliphatic rings. The largest absolute Gasteiger partial charge is 0.472 e. The first-order valence-electron chi connectivity index (χ1n) is 20.6. The van der Waals surface area contributed by atoms with Gasteiger partial charge in [0.15, 0.2) is 6.10 Å². The lowest BCUT2D eigenvalue weighted by Crippen LogP contribution is -2.29. The summed E-state index contributed by atoms with van der Waals surface area (Å²) in [4.78, 5) is 34.8. The molecule has 302 valence electrons. The van der Waals surface area contributed by atoms with Crippen LogP contribution in [0.2, 0.25) is 0 Å². The molecule has 11 heteroatoms. The Morgan fingerprint density at radius 2 is 1.19 bits per heavy atom. The summed E-state index contributed by atoms with van der Waals surface area (Å²) in [5, 5.41) is 0. The molecule has 0 saturated carbocycles. The molecule has 10 nitrogen and oxygen atoms in total. The number of esters is 2. The van der Waals surface area contributed by atoms with Crippen LogP contribution in [0.4, 0.5) is 0 Å². The van der Waals surface area contributed by atoms with E-state index in [1.165, 1.54) is 83.5 Å². The zero-order valence-electron chi connectivity index (χ0n) is 32.7. The molecule has 52 heavy (non-hydrogen) atoms. The highest BCUT2D eigenvalue weighted by Crippen LogP contribution is 2.43. The minimum absolute atomic E-state index is 0.0422. The Bertz CT molecular complexity index is 1020. The number of unbranched alkanes of at least 4 members (excludes halogenated alkanes) is 16. The van der Waals surface area contributed by atoms with Gasteiger partial charge in [0.05, 0.1) is 25.4 Å². The van der Waals surface area contributed by atoms with Crippen LogP contribution >= 0.6 is 7.82 Å². The standard InChI is InChI=1S/C41H74NO9P/c1-3-5-7-9-11-13-14-15-16-18-20-22-27-31-40(43)47-35-37(36-49-52(45,46)48-34-33-42)50-41(44)32-28-24-23-26-30-39-38(51-39)29-25-21-19-17-12-10-8-6-4-2/h12,17,21,23,25-26,37-39H,3-11,13-16,18-20,22,24,27-36,42H2,1-2H3,(H,45,46)/b17-12-,25-21-,26-23-. The minimum atomic E-state index is -4.39. The number of allylic oxidation sites excluding steroid dienone is 4. The van der Waals surface area contributed by atoms with Crippen molar-refractivity contribution in [3.05, 3.63) is 36.5 Å². The van der Waals surface area contributed by atoms with Crippen molar-refractivity contribution in [2.24, 2.45) is 5.73 Å². The second kappa shape index (κ2) is 33.7. The maximum Gasteiger partial charge on any atom is 0.472 e. The number of epoxide rings is 1. The molecule has 0 aromatic heterocycles. The molecule has 1 aliphatic heterocycles. The summed E-state index contributed by atoms with van der Waals surface area (Å²) in [6.45, 7) is 3.62. The average Bonchev–Trinajstić information content (AvgIpc) is 3.89. The molecule has 4 unspecified atom stereocenters. The Balaban J connectivity index is 2.25. The van der Waals surface area contributed by atoms with Crippen LogP contribution in [0.1, 0.15) is 168 Å². The van der Waals surface area contributed by atoms with Gasteiger partial charge in [0.25, 0.3) is 0 Å². The number of carbonyl (C=O) groups excluding carboxylic acids is 2. The van der Waals surface area contributed by atoms with Crippen molar-refractivity contribution in [2.45, 2.75) is 186 Å². The smallest absolute Gasteiger partial charge is 0.462 e. The fraction of sp³-hybridized carbons (Fsp3) is 0.805. The van der Waals surface area contributed by atoms with E-state index in [9.17, 15) is 19.0 Å². The zero-order chi connectivity index (χ0) is 38.0. The number of carbonyl (C=O) groups is 2. The van der Waals surface area contributed by atoms with Crippen molar-refractivity contribution in [3.63, 3.8) is 0 Å². The fourth-order valence-electron chi connectivity index (χ4n) is 5.73. The van der Waals surface area contributed by atoms with Crippen LogP contribution in [0.5, 0.6) is 0 Å². The normalized spacial score (nSPS) is 17.6. The van der Waals surface area contributed by atoms with E-state index >= 15 is 0 Å². The lowest BCUT2D eigenvalue weighted by molar-refractivity contribution is -0.161. The summed E-state index contributed by atoms with van der Waals surface area (Å²) < 4.78 is 38.4. The van der Waals surface area contributed by atoms with Crippen molar-refractivity contribution >= 4 is 19.8 Å².